The number of benzene rings is 2. The van der Waals surface area contributed by atoms with Gasteiger partial charge in [-0.05, 0) is 36.1 Å². The summed E-state index contributed by atoms with van der Waals surface area (Å²) in [6, 6.07) is 15.3. The molecule has 1 N–H and O–H groups in total. The first-order chi connectivity index (χ1) is 13.5. The summed E-state index contributed by atoms with van der Waals surface area (Å²) in [5, 5.41) is 15.2. The number of rotatable bonds is 8. The van der Waals surface area contributed by atoms with Crippen LogP contribution in [-0.4, -0.2) is 38.4 Å². The van der Waals surface area contributed by atoms with Gasteiger partial charge in [-0.25, -0.2) is 0 Å². The van der Waals surface area contributed by atoms with Crippen LogP contribution in [0.3, 0.4) is 0 Å². The minimum atomic E-state index is -0.0708. The molecule has 1 aromatic heterocycles. The van der Waals surface area contributed by atoms with E-state index in [1.165, 1.54) is 11.7 Å². The maximum atomic E-state index is 12.5. The van der Waals surface area contributed by atoms with Crippen molar-refractivity contribution in [3.8, 4) is 11.4 Å². The number of aromatic nitrogens is 4. The van der Waals surface area contributed by atoms with Crippen LogP contribution in [-0.2, 0) is 17.8 Å². The summed E-state index contributed by atoms with van der Waals surface area (Å²) < 4.78 is 0. The molecule has 7 heteroatoms. The molecule has 0 aliphatic heterocycles. The van der Waals surface area contributed by atoms with E-state index >= 15 is 0 Å². The minimum Gasteiger partial charge on any atom is -0.356 e. The van der Waals surface area contributed by atoms with Crippen molar-refractivity contribution in [1.29, 1.82) is 0 Å². The summed E-state index contributed by atoms with van der Waals surface area (Å²) in [7, 11) is 0. The van der Waals surface area contributed by atoms with E-state index in [1.807, 2.05) is 55.5 Å². The van der Waals surface area contributed by atoms with E-state index in [4.69, 9.17) is 0 Å². The van der Waals surface area contributed by atoms with E-state index in [1.54, 1.807) is 0 Å². The van der Waals surface area contributed by atoms with Gasteiger partial charge in [0.1, 0.15) is 6.54 Å². The summed E-state index contributed by atoms with van der Waals surface area (Å²) in [5.74, 6) is 0.423. The molecule has 0 radical (unpaired) electrons. The number of ketones is 1. The van der Waals surface area contributed by atoms with E-state index in [9.17, 15) is 9.59 Å². The molecular weight excluding hydrogens is 354 g/mol. The fourth-order valence-electron chi connectivity index (χ4n) is 2.88. The Labute approximate surface area is 163 Å². The minimum absolute atomic E-state index is 0.0201. The Hall–Kier alpha value is -3.35. The molecule has 7 nitrogen and oxygen atoms in total. The van der Waals surface area contributed by atoms with Gasteiger partial charge in [-0.2, -0.15) is 4.80 Å². The molecule has 3 aromatic rings. The third kappa shape index (κ3) is 5.09. The Balaban J connectivity index is 1.58. The van der Waals surface area contributed by atoms with Crippen LogP contribution in [0.1, 0.15) is 34.8 Å². The zero-order chi connectivity index (χ0) is 19.9. The topological polar surface area (TPSA) is 89.8 Å². The lowest BCUT2D eigenvalue weighted by Gasteiger charge is -2.04. The van der Waals surface area contributed by atoms with Crippen LogP contribution in [0, 0.1) is 6.92 Å². The Bertz CT molecular complexity index is 963. The second-order valence-corrected chi connectivity index (χ2v) is 6.66. The number of hydrogen-bond acceptors (Lipinski definition) is 5. The Kier molecular flexibility index (Phi) is 6.26. The van der Waals surface area contributed by atoms with Gasteiger partial charge in [0.25, 0.3) is 0 Å². The van der Waals surface area contributed by atoms with Crippen LogP contribution in [0.2, 0.25) is 0 Å². The number of carbonyl (C=O) groups excluding carboxylic acids is 2. The fraction of sp³-hybridized carbons (Fsp3) is 0.286. The highest BCUT2D eigenvalue weighted by atomic mass is 16.1. The smallest absolute Gasteiger partial charge is 0.216 e. The van der Waals surface area contributed by atoms with E-state index in [0.29, 0.717) is 17.9 Å². The first-order valence-corrected chi connectivity index (χ1v) is 9.23. The molecule has 0 saturated carbocycles. The molecule has 0 spiro atoms. The Morgan fingerprint density at radius 3 is 2.54 bits per heavy atom. The molecule has 0 aliphatic carbocycles. The Morgan fingerprint density at radius 1 is 1.07 bits per heavy atom. The Morgan fingerprint density at radius 2 is 1.82 bits per heavy atom. The molecule has 144 valence electrons. The van der Waals surface area contributed by atoms with Crippen molar-refractivity contribution in [2.75, 3.05) is 6.54 Å². The molecule has 2 aromatic carbocycles. The van der Waals surface area contributed by atoms with E-state index in [2.05, 4.69) is 20.7 Å². The number of Topliss-reactive ketones (excluding diaryl/α,β-unsaturated/α-hetero) is 1. The lowest BCUT2D eigenvalue weighted by atomic mass is 10.1. The number of hydrogen-bond donors (Lipinski definition) is 1. The number of carbonyl (C=O) groups is 2. The van der Waals surface area contributed by atoms with Gasteiger partial charge in [0.2, 0.25) is 11.7 Å². The number of aryl methyl sites for hydroxylation is 2. The van der Waals surface area contributed by atoms with Crippen molar-refractivity contribution in [2.45, 2.75) is 33.2 Å². The van der Waals surface area contributed by atoms with Gasteiger partial charge in [0.15, 0.2) is 5.78 Å². The highest BCUT2D eigenvalue weighted by molar-refractivity contribution is 5.95. The highest BCUT2D eigenvalue weighted by Crippen LogP contribution is 2.18. The van der Waals surface area contributed by atoms with Gasteiger partial charge in [0.05, 0.1) is 0 Å². The van der Waals surface area contributed by atoms with Gasteiger partial charge >= 0.3 is 0 Å². The first-order valence-electron chi connectivity index (χ1n) is 9.23. The summed E-state index contributed by atoms with van der Waals surface area (Å²) in [4.78, 5) is 24.7. The molecule has 1 amide bonds. The number of nitrogens with zero attached hydrogens (tertiary/aromatic N) is 4. The maximum absolute atomic E-state index is 12.5. The number of nitrogens with one attached hydrogen (secondary N) is 1. The van der Waals surface area contributed by atoms with Crippen molar-refractivity contribution in [1.82, 2.24) is 25.5 Å². The summed E-state index contributed by atoms with van der Waals surface area (Å²) in [6.07, 6.45) is 1.70. The summed E-state index contributed by atoms with van der Waals surface area (Å²) in [5.41, 5.74) is 3.70. The monoisotopic (exact) mass is 377 g/mol. The van der Waals surface area contributed by atoms with E-state index in [0.717, 1.165) is 29.5 Å². The standard InChI is InChI=1S/C21H23N5O2/c1-15-6-3-4-8-19(15)21-23-25-26(24-21)14-20(28)18-11-9-17(10-12-18)7-5-13-22-16(2)27/h3-4,6,8-12H,5,7,13-14H2,1-2H3,(H,22,27). The third-order valence-electron chi connectivity index (χ3n) is 4.42. The van der Waals surface area contributed by atoms with Gasteiger partial charge in [-0.1, -0.05) is 48.5 Å². The molecule has 0 fully saturated rings. The van der Waals surface area contributed by atoms with Gasteiger partial charge in [-0.15, -0.1) is 10.2 Å². The molecule has 1 heterocycles. The molecule has 0 bridgehead atoms. The van der Waals surface area contributed by atoms with Crippen molar-refractivity contribution in [2.24, 2.45) is 0 Å². The lowest BCUT2D eigenvalue weighted by molar-refractivity contribution is -0.118. The number of tetrazole rings is 1. The molecule has 0 saturated heterocycles. The fourth-order valence-corrected chi connectivity index (χ4v) is 2.88. The lowest BCUT2D eigenvalue weighted by Crippen LogP contribution is -2.21. The normalized spacial score (nSPS) is 10.6. The zero-order valence-corrected chi connectivity index (χ0v) is 16.1. The van der Waals surface area contributed by atoms with Crippen molar-refractivity contribution in [3.05, 3.63) is 65.2 Å². The van der Waals surface area contributed by atoms with Crippen molar-refractivity contribution >= 4 is 11.7 Å². The predicted octanol–water partition coefficient (Wildman–Crippen LogP) is 2.60. The largest absolute Gasteiger partial charge is 0.356 e. The maximum Gasteiger partial charge on any atom is 0.216 e. The average Bonchev–Trinajstić information content (AvgIpc) is 3.14. The van der Waals surface area contributed by atoms with E-state index < -0.39 is 0 Å². The highest BCUT2D eigenvalue weighted by Gasteiger charge is 2.12. The molecule has 0 unspecified atom stereocenters. The van der Waals surface area contributed by atoms with Crippen LogP contribution in [0.25, 0.3) is 11.4 Å². The second kappa shape index (κ2) is 9.03. The summed E-state index contributed by atoms with van der Waals surface area (Å²) in [6.45, 7) is 4.19. The predicted molar refractivity (Wildman–Crippen MR) is 106 cm³/mol. The molecular formula is C21H23N5O2. The third-order valence-corrected chi connectivity index (χ3v) is 4.42. The molecule has 3 rings (SSSR count). The average molecular weight is 377 g/mol. The van der Waals surface area contributed by atoms with Gasteiger partial charge < -0.3 is 5.32 Å². The van der Waals surface area contributed by atoms with E-state index in [-0.39, 0.29) is 18.2 Å². The van der Waals surface area contributed by atoms with Gasteiger partial charge in [-0.3, -0.25) is 9.59 Å². The summed E-state index contributed by atoms with van der Waals surface area (Å²) >= 11 is 0. The van der Waals surface area contributed by atoms with Crippen molar-refractivity contribution in [3.63, 3.8) is 0 Å². The van der Waals surface area contributed by atoms with Crippen LogP contribution in [0.5, 0.6) is 0 Å². The van der Waals surface area contributed by atoms with Crippen LogP contribution in [0.4, 0.5) is 0 Å². The van der Waals surface area contributed by atoms with Crippen LogP contribution in [0.15, 0.2) is 48.5 Å². The first kappa shape index (κ1) is 19.4. The zero-order valence-electron chi connectivity index (χ0n) is 16.1. The van der Waals surface area contributed by atoms with Crippen LogP contribution >= 0.6 is 0 Å². The quantitative estimate of drug-likeness (QED) is 0.481. The molecule has 0 aliphatic rings. The molecule has 28 heavy (non-hydrogen) atoms. The van der Waals surface area contributed by atoms with Crippen LogP contribution < -0.4 is 5.32 Å². The molecule has 0 atom stereocenters. The van der Waals surface area contributed by atoms with Gasteiger partial charge in [0, 0.05) is 24.6 Å². The SMILES string of the molecule is CC(=O)NCCCc1ccc(C(=O)Cn2nnc(-c3ccccc3C)n2)cc1. The number of amides is 1. The van der Waals surface area contributed by atoms with Crippen molar-refractivity contribution < 1.29 is 9.59 Å². The second-order valence-electron chi connectivity index (χ2n) is 6.66.